The maximum absolute atomic E-state index is 14.2. The third-order valence-electron chi connectivity index (χ3n) is 4.54. The Bertz CT molecular complexity index is 698. The number of piperidine rings is 1. The maximum atomic E-state index is 14.2. The van der Waals surface area contributed by atoms with Crippen LogP contribution in [-0.4, -0.2) is 37.8 Å². The standard InChI is InChI=1S/C17H25FN2O3S/c1-4-13(3)19-17(21)14-5-6-15(18)16(11-14)24(22,23)20-9-7-12(2)8-10-20/h5-6,11-13H,4,7-10H2,1-3H3,(H,19,21)/t13-/m1/s1. The zero-order chi connectivity index (χ0) is 17.9. The predicted octanol–water partition coefficient (Wildman–Crippen LogP) is 2.77. The van der Waals surface area contributed by atoms with E-state index in [2.05, 4.69) is 12.2 Å². The van der Waals surface area contributed by atoms with Gasteiger partial charge in [-0.1, -0.05) is 13.8 Å². The average Bonchev–Trinajstić information content (AvgIpc) is 2.55. The van der Waals surface area contributed by atoms with Gasteiger partial charge < -0.3 is 5.32 Å². The topological polar surface area (TPSA) is 66.5 Å². The fraction of sp³-hybridized carbons (Fsp3) is 0.588. The summed E-state index contributed by atoms with van der Waals surface area (Å²) in [5, 5.41) is 2.76. The van der Waals surface area contributed by atoms with Crippen molar-refractivity contribution in [3.05, 3.63) is 29.6 Å². The molecular formula is C17H25FN2O3S. The molecule has 0 aromatic heterocycles. The fourth-order valence-corrected chi connectivity index (χ4v) is 4.18. The Kier molecular flexibility index (Phi) is 5.98. The van der Waals surface area contributed by atoms with E-state index in [9.17, 15) is 17.6 Å². The van der Waals surface area contributed by atoms with Gasteiger partial charge in [-0.15, -0.1) is 0 Å². The monoisotopic (exact) mass is 356 g/mol. The zero-order valence-corrected chi connectivity index (χ0v) is 15.2. The highest BCUT2D eigenvalue weighted by Gasteiger charge is 2.31. The summed E-state index contributed by atoms with van der Waals surface area (Å²) >= 11 is 0. The van der Waals surface area contributed by atoms with Crippen LogP contribution in [0, 0.1) is 11.7 Å². The highest BCUT2D eigenvalue weighted by Crippen LogP contribution is 2.25. The summed E-state index contributed by atoms with van der Waals surface area (Å²) in [6.45, 7) is 6.62. The smallest absolute Gasteiger partial charge is 0.251 e. The minimum atomic E-state index is -3.93. The normalized spacial score (nSPS) is 18.3. The van der Waals surface area contributed by atoms with Gasteiger partial charge in [-0.25, -0.2) is 12.8 Å². The summed E-state index contributed by atoms with van der Waals surface area (Å²) in [6, 6.07) is 3.46. The predicted molar refractivity (Wildman–Crippen MR) is 90.8 cm³/mol. The number of hydrogen-bond donors (Lipinski definition) is 1. The number of hydrogen-bond acceptors (Lipinski definition) is 3. The molecule has 1 aromatic rings. The highest BCUT2D eigenvalue weighted by molar-refractivity contribution is 7.89. The van der Waals surface area contributed by atoms with Crippen molar-refractivity contribution in [2.24, 2.45) is 5.92 Å². The van der Waals surface area contributed by atoms with Crippen molar-refractivity contribution in [2.45, 2.75) is 51.0 Å². The molecule has 0 unspecified atom stereocenters. The number of carbonyl (C=O) groups excluding carboxylic acids is 1. The van der Waals surface area contributed by atoms with E-state index in [4.69, 9.17) is 0 Å². The molecule has 1 fully saturated rings. The number of sulfonamides is 1. The number of nitrogens with one attached hydrogen (secondary N) is 1. The van der Waals surface area contributed by atoms with Gasteiger partial charge in [-0.05, 0) is 50.3 Å². The van der Waals surface area contributed by atoms with E-state index >= 15 is 0 Å². The Morgan fingerprint density at radius 1 is 1.38 bits per heavy atom. The molecule has 0 radical (unpaired) electrons. The van der Waals surface area contributed by atoms with Gasteiger partial charge in [-0.2, -0.15) is 4.31 Å². The molecule has 0 spiro atoms. The van der Waals surface area contributed by atoms with Gasteiger partial charge in [0.05, 0.1) is 0 Å². The number of carbonyl (C=O) groups is 1. The van der Waals surface area contributed by atoms with E-state index < -0.39 is 26.6 Å². The molecule has 1 N–H and O–H groups in total. The van der Waals surface area contributed by atoms with Crippen molar-refractivity contribution in [1.82, 2.24) is 9.62 Å². The fourth-order valence-electron chi connectivity index (χ4n) is 2.62. The van der Waals surface area contributed by atoms with Crippen LogP contribution < -0.4 is 5.32 Å². The van der Waals surface area contributed by atoms with Gasteiger partial charge in [0, 0.05) is 24.7 Å². The lowest BCUT2D eigenvalue weighted by molar-refractivity contribution is 0.0939. The Hall–Kier alpha value is -1.47. The highest BCUT2D eigenvalue weighted by atomic mass is 32.2. The maximum Gasteiger partial charge on any atom is 0.251 e. The Morgan fingerprint density at radius 2 is 2.00 bits per heavy atom. The molecule has 1 heterocycles. The van der Waals surface area contributed by atoms with Gasteiger partial charge in [0.1, 0.15) is 10.7 Å². The summed E-state index contributed by atoms with van der Waals surface area (Å²) in [4.78, 5) is 11.8. The van der Waals surface area contributed by atoms with Gasteiger partial charge in [-0.3, -0.25) is 4.79 Å². The largest absolute Gasteiger partial charge is 0.350 e. The molecule has 1 amide bonds. The van der Waals surface area contributed by atoms with Crippen LogP contribution in [0.2, 0.25) is 0 Å². The van der Waals surface area contributed by atoms with Crippen LogP contribution >= 0.6 is 0 Å². The van der Waals surface area contributed by atoms with Gasteiger partial charge in [0.2, 0.25) is 10.0 Å². The first-order chi connectivity index (χ1) is 11.3. The SMILES string of the molecule is CC[C@@H](C)NC(=O)c1ccc(F)c(S(=O)(=O)N2CCC(C)CC2)c1. The lowest BCUT2D eigenvalue weighted by atomic mass is 10.0. The summed E-state index contributed by atoms with van der Waals surface area (Å²) in [5.41, 5.74) is 0.153. The second-order valence-electron chi connectivity index (χ2n) is 6.51. The number of rotatable bonds is 5. The zero-order valence-electron chi connectivity index (χ0n) is 14.4. The first-order valence-electron chi connectivity index (χ1n) is 8.36. The lowest BCUT2D eigenvalue weighted by Crippen LogP contribution is -2.38. The number of nitrogens with zero attached hydrogens (tertiary/aromatic N) is 1. The van der Waals surface area contributed by atoms with Crippen molar-refractivity contribution in [2.75, 3.05) is 13.1 Å². The molecule has 24 heavy (non-hydrogen) atoms. The summed E-state index contributed by atoms with van der Waals surface area (Å²) in [6.07, 6.45) is 2.27. The first kappa shape index (κ1) is 18.9. The average molecular weight is 356 g/mol. The van der Waals surface area contributed by atoms with Crippen LogP contribution in [0.1, 0.15) is 50.4 Å². The van der Waals surface area contributed by atoms with E-state index in [-0.39, 0.29) is 11.6 Å². The Labute approximate surface area is 143 Å². The molecule has 0 aliphatic carbocycles. The van der Waals surface area contributed by atoms with Crippen LogP contribution in [-0.2, 0) is 10.0 Å². The minimum Gasteiger partial charge on any atom is -0.350 e. The van der Waals surface area contributed by atoms with Crippen LogP contribution in [0.25, 0.3) is 0 Å². The molecule has 0 bridgehead atoms. The minimum absolute atomic E-state index is 0.0359. The molecule has 7 heteroatoms. The summed E-state index contributed by atoms with van der Waals surface area (Å²) < 4.78 is 40.9. The molecule has 1 aromatic carbocycles. The van der Waals surface area contributed by atoms with E-state index in [0.29, 0.717) is 19.0 Å². The number of amides is 1. The number of benzene rings is 1. The van der Waals surface area contributed by atoms with E-state index in [1.54, 1.807) is 0 Å². The van der Waals surface area contributed by atoms with Crippen LogP contribution in [0.15, 0.2) is 23.1 Å². The lowest BCUT2D eigenvalue weighted by Gasteiger charge is -2.29. The van der Waals surface area contributed by atoms with Gasteiger partial charge in [0.15, 0.2) is 0 Å². The number of halogens is 1. The molecule has 0 saturated carbocycles. The van der Waals surface area contributed by atoms with Crippen LogP contribution in [0.4, 0.5) is 4.39 Å². The Balaban J connectivity index is 2.29. The molecule has 5 nitrogen and oxygen atoms in total. The van der Waals surface area contributed by atoms with Crippen molar-refractivity contribution < 1.29 is 17.6 Å². The van der Waals surface area contributed by atoms with Crippen LogP contribution in [0.3, 0.4) is 0 Å². The second kappa shape index (κ2) is 7.61. The van der Waals surface area contributed by atoms with Gasteiger partial charge in [0.25, 0.3) is 5.91 Å². The van der Waals surface area contributed by atoms with E-state index in [1.165, 1.54) is 10.4 Å². The quantitative estimate of drug-likeness (QED) is 0.882. The van der Waals surface area contributed by atoms with Crippen molar-refractivity contribution in [3.63, 3.8) is 0 Å². The summed E-state index contributed by atoms with van der Waals surface area (Å²) in [5.74, 6) is -0.754. The van der Waals surface area contributed by atoms with E-state index in [0.717, 1.165) is 31.4 Å². The molecule has 134 valence electrons. The Morgan fingerprint density at radius 3 is 2.58 bits per heavy atom. The van der Waals surface area contributed by atoms with Crippen molar-refractivity contribution in [1.29, 1.82) is 0 Å². The van der Waals surface area contributed by atoms with Gasteiger partial charge >= 0.3 is 0 Å². The molecule has 1 saturated heterocycles. The van der Waals surface area contributed by atoms with Crippen LogP contribution in [0.5, 0.6) is 0 Å². The molecular weight excluding hydrogens is 331 g/mol. The van der Waals surface area contributed by atoms with E-state index in [1.807, 2.05) is 13.8 Å². The third kappa shape index (κ3) is 4.13. The molecule has 1 aliphatic rings. The first-order valence-corrected chi connectivity index (χ1v) is 9.80. The molecule has 1 atom stereocenters. The second-order valence-corrected chi connectivity index (χ2v) is 8.42. The van der Waals surface area contributed by atoms with Crippen molar-refractivity contribution in [3.8, 4) is 0 Å². The molecule has 1 aliphatic heterocycles. The molecule has 2 rings (SSSR count). The third-order valence-corrected chi connectivity index (χ3v) is 6.46. The summed E-state index contributed by atoms with van der Waals surface area (Å²) in [7, 11) is -3.93. The van der Waals surface area contributed by atoms with Crippen molar-refractivity contribution >= 4 is 15.9 Å².